The fraction of sp³-hybridized carbons (Fsp3) is 0.500. The zero-order valence-corrected chi connectivity index (χ0v) is 13.0. The highest BCUT2D eigenvalue weighted by molar-refractivity contribution is 7.89. The molecule has 0 spiro atoms. The van der Waals surface area contributed by atoms with E-state index in [0.29, 0.717) is 30.8 Å². The number of nitrogens with zero attached hydrogens (tertiary/aromatic N) is 1. The second-order valence-electron chi connectivity index (χ2n) is 5.22. The van der Waals surface area contributed by atoms with Crippen molar-refractivity contribution >= 4 is 16.0 Å². The largest absolute Gasteiger partial charge is 0.465 e. The maximum absolute atomic E-state index is 12.6. The summed E-state index contributed by atoms with van der Waals surface area (Å²) in [7, 11) is -2.23. The van der Waals surface area contributed by atoms with Gasteiger partial charge in [-0.25, -0.2) is 13.2 Å². The minimum Gasteiger partial charge on any atom is -0.465 e. The summed E-state index contributed by atoms with van der Waals surface area (Å²) in [5, 5.41) is 0. The molecule has 0 aromatic heterocycles. The summed E-state index contributed by atoms with van der Waals surface area (Å²) in [6, 6.07) is 4.45. The number of carbonyl (C=O) groups excluding carboxylic acids is 1. The number of ether oxygens (including phenoxy) is 1. The topological polar surface area (TPSA) is 89.7 Å². The number of aryl methyl sites for hydroxylation is 1. The summed E-state index contributed by atoms with van der Waals surface area (Å²) >= 11 is 0. The van der Waals surface area contributed by atoms with E-state index < -0.39 is 16.0 Å². The van der Waals surface area contributed by atoms with Crippen LogP contribution in [0.2, 0.25) is 0 Å². The molecule has 0 amide bonds. The van der Waals surface area contributed by atoms with Crippen LogP contribution in [-0.2, 0) is 14.8 Å². The maximum atomic E-state index is 12.6. The standard InChI is InChI=1S/C14H20N2O4S/c1-10-7-12(3-4-13(10)14(17)20-2)21(18,19)16-6-5-11(8-15)9-16/h3-4,7,11H,5-6,8-9,15H2,1-2H3. The van der Waals surface area contributed by atoms with Gasteiger partial charge in [-0.3, -0.25) is 0 Å². The van der Waals surface area contributed by atoms with Crippen molar-refractivity contribution in [1.82, 2.24) is 4.31 Å². The average molecular weight is 312 g/mol. The monoisotopic (exact) mass is 312 g/mol. The molecule has 0 aliphatic carbocycles. The Morgan fingerprint density at radius 3 is 2.71 bits per heavy atom. The van der Waals surface area contributed by atoms with Gasteiger partial charge in [0.25, 0.3) is 0 Å². The number of rotatable bonds is 4. The second kappa shape index (κ2) is 6.13. The number of hydrogen-bond donors (Lipinski definition) is 1. The van der Waals surface area contributed by atoms with Crippen molar-refractivity contribution in [3.8, 4) is 0 Å². The van der Waals surface area contributed by atoms with Crippen molar-refractivity contribution < 1.29 is 17.9 Å². The Morgan fingerprint density at radius 2 is 2.19 bits per heavy atom. The normalized spacial score (nSPS) is 19.7. The minimum atomic E-state index is -3.53. The van der Waals surface area contributed by atoms with E-state index in [-0.39, 0.29) is 10.8 Å². The van der Waals surface area contributed by atoms with Gasteiger partial charge in [-0.2, -0.15) is 4.31 Å². The maximum Gasteiger partial charge on any atom is 0.338 e. The molecule has 1 aromatic carbocycles. The predicted octanol–water partition coefficient (Wildman–Crippen LogP) is 0.751. The molecule has 2 rings (SSSR count). The lowest BCUT2D eigenvalue weighted by atomic mass is 10.1. The molecule has 6 nitrogen and oxygen atoms in total. The molecule has 2 N–H and O–H groups in total. The van der Waals surface area contributed by atoms with E-state index in [1.807, 2.05) is 0 Å². The van der Waals surface area contributed by atoms with Gasteiger partial charge in [0.2, 0.25) is 10.0 Å². The van der Waals surface area contributed by atoms with Crippen LogP contribution in [0, 0.1) is 12.8 Å². The summed E-state index contributed by atoms with van der Waals surface area (Å²) in [5.41, 5.74) is 6.55. The van der Waals surface area contributed by atoms with Gasteiger partial charge < -0.3 is 10.5 Å². The number of nitrogens with two attached hydrogens (primary N) is 1. The third kappa shape index (κ3) is 3.09. The Morgan fingerprint density at radius 1 is 1.48 bits per heavy atom. The first-order chi connectivity index (χ1) is 9.90. The molecule has 1 aliphatic heterocycles. The highest BCUT2D eigenvalue weighted by atomic mass is 32.2. The van der Waals surface area contributed by atoms with E-state index in [4.69, 9.17) is 5.73 Å². The molecule has 1 heterocycles. The number of benzene rings is 1. The smallest absolute Gasteiger partial charge is 0.338 e. The molecule has 1 aliphatic rings. The van der Waals surface area contributed by atoms with Gasteiger partial charge in [-0.15, -0.1) is 0 Å². The molecule has 1 atom stereocenters. The van der Waals surface area contributed by atoms with E-state index in [0.717, 1.165) is 6.42 Å². The van der Waals surface area contributed by atoms with Gasteiger partial charge >= 0.3 is 5.97 Å². The Bertz CT molecular complexity index is 642. The molecule has 116 valence electrons. The summed E-state index contributed by atoms with van der Waals surface area (Å²) in [6.45, 7) is 3.13. The first-order valence-corrected chi connectivity index (χ1v) is 8.23. The summed E-state index contributed by atoms with van der Waals surface area (Å²) in [5.74, 6) is -0.254. The molecule has 1 aromatic rings. The lowest BCUT2D eigenvalue weighted by Crippen LogP contribution is -2.30. The van der Waals surface area contributed by atoms with Crippen molar-refractivity contribution in [1.29, 1.82) is 0 Å². The fourth-order valence-corrected chi connectivity index (χ4v) is 4.11. The number of hydrogen-bond acceptors (Lipinski definition) is 5. The quantitative estimate of drug-likeness (QED) is 0.829. The highest BCUT2D eigenvalue weighted by Crippen LogP contribution is 2.25. The van der Waals surface area contributed by atoms with Gasteiger partial charge in [0, 0.05) is 13.1 Å². The Kier molecular flexibility index (Phi) is 4.65. The van der Waals surface area contributed by atoms with Crippen LogP contribution in [0.3, 0.4) is 0 Å². The average Bonchev–Trinajstić information content (AvgIpc) is 2.96. The van der Waals surface area contributed by atoms with Crippen LogP contribution in [0.4, 0.5) is 0 Å². The SMILES string of the molecule is COC(=O)c1ccc(S(=O)(=O)N2CCC(CN)C2)cc1C. The molecular weight excluding hydrogens is 292 g/mol. The lowest BCUT2D eigenvalue weighted by Gasteiger charge is -2.17. The number of carbonyl (C=O) groups is 1. The van der Waals surface area contributed by atoms with Crippen molar-refractivity contribution in [2.45, 2.75) is 18.2 Å². The van der Waals surface area contributed by atoms with Crippen LogP contribution >= 0.6 is 0 Å². The molecule has 1 saturated heterocycles. The zero-order valence-electron chi connectivity index (χ0n) is 12.2. The molecule has 1 fully saturated rings. The van der Waals surface area contributed by atoms with Crippen LogP contribution in [0.5, 0.6) is 0 Å². The number of sulfonamides is 1. The molecule has 0 radical (unpaired) electrons. The number of methoxy groups -OCH3 is 1. The third-order valence-corrected chi connectivity index (χ3v) is 5.68. The predicted molar refractivity (Wildman–Crippen MR) is 78.4 cm³/mol. The lowest BCUT2D eigenvalue weighted by molar-refractivity contribution is 0.0600. The molecule has 7 heteroatoms. The molecule has 0 bridgehead atoms. The summed E-state index contributed by atoms with van der Waals surface area (Å²) in [4.78, 5) is 11.7. The van der Waals surface area contributed by atoms with Crippen molar-refractivity contribution in [2.75, 3.05) is 26.7 Å². The van der Waals surface area contributed by atoms with Crippen LogP contribution in [0.25, 0.3) is 0 Å². The summed E-state index contributed by atoms with van der Waals surface area (Å²) < 4.78 is 31.2. The molecule has 1 unspecified atom stereocenters. The van der Waals surface area contributed by atoms with E-state index in [1.165, 1.54) is 29.6 Å². The third-order valence-electron chi connectivity index (χ3n) is 3.82. The minimum absolute atomic E-state index is 0.199. The Hall–Kier alpha value is -1.44. The summed E-state index contributed by atoms with van der Waals surface area (Å²) in [6.07, 6.45) is 0.787. The molecule has 0 saturated carbocycles. The Labute approximate surface area is 124 Å². The fourth-order valence-electron chi connectivity index (χ4n) is 2.49. The van der Waals surface area contributed by atoms with E-state index in [1.54, 1.807) is 6.92 Å². The van der Waals surface area contributed by atoms with E-state index in [2.05, 4.69) is 4.74 Å². The van der Waals surface area contributed by atoms with Gasteiger partial charge in [0.15, 0.2) is 0 Å². The van der Waals surface area contributed by atoms with Gasteiger partial charge in [0.05, 0.1) is 17.6 Å². The van der Waals surface area contributed by atoms with Crippen LogP contribution < -0.4 is 5.73 Å². The Balaban J connectivity index is 2.29. The zero-order chi connectivity index (χ0) is 15.6. The first-order valence-electron chi connectivity index (χ1n) is 6.79. The van der Waals surface area contributed by atoms with Crippen LogP contribution in [0.1, 0.15) is 22.3 Å². The number of esters is 1. The second-order valence-corrected chi connectivity index (χ2v) is 7.16. The highest BCUT2D eigenvalue weighted by Gasteiger charge is 2.32. The van der Waals surface area contributed by atoms with Crippen molar-refractivity contribution in [3.63, 3.8) is 0 Å². The van der Waals surface area contributed by atoms with Gasteiger partial charge in [-0.1, -0.05) is 0 Å². The molecular formula is C14H20N2O4S. The van der Waals surface area contributed by atoms with E-state index in [9.17, 15) is 13.2 Å². The van der Waals surface area contributed by atoms with Crippen LogP contribution in [-0.4, -0.2) is 45.4 Å². The van der Waals surface area contributed by atoms with Crippen molar-refractivity contribution in [3.05, 3.63) is 29.3 Å². The van der Waals surface area contributed by atoms with Gasteiger partial charge in [0.1, 0.15) is 0 Å². The van der Waals surface area contributed by atoms with Crippen molar-refractivity contribution in [2.24, 2.45) is 11.7 Å². The first kappa shape index (κ1) is 15.9. The van der Waals surface area contributed by atoms with Gasteiger partial charge in [-0.05, 0) is 49.6 Å². The molecule has 21 heavy (non-hydrogen) atoms. The van der Waals surface area contributed by atoms with E-state index >= 15 is 0 Å². The van der Waals surface area contributed by atoms with Crippen LogP contribution in [0.15, 0.2) is 23.1 Å².